The summed E-state index contributed by atoms with van der Waals surface area (Å²) in [5, 5.41) is 13.1. The number of hydrogen-bond acceptors (Lipinski definition) is 21. The van der Waals surface area contributed by atoms with Crippen LogP contribution in [0.15, 0.2) is 394 Å². The zero-order valence-corrected chi connectivity index (χ0v) is 76.2. The fraction of sp³-hybridized carbons (Fsp3) is 0.322. The first-order chi connectivity index (χ1) is 67.4. The van der Waals surface area contributed by atoms with Crippen molar-refractivity contribution in [3.8, 4) is 0 Å². The van der Waals surface area contributed by atoms with E-state index < -0.39 is 123 Å². The van der Waals surface area contributed by atoms with Gasteiger partial charge in [0, 0.05) is 0 Å². The summed E-state index contributed by atoms with van der Waals surface area (Å²) in [5.41, 5.74) is 11.4. The first-order valence-corrected chi connectivity index (χ1v) is 47.0. The summed E-state index contributed by atoms with van der Waals surface area (Å²) in [7, 11) is 0. The molecule has 0 radical (unpaired) electrons. The smallest absolute Gasteiger partial charge is 0.187 e. The molecule has 13 aromatic carbocycles. The fourth-order valence-electron chi connectivity index (χ4n) is 17.4. The molecular weight excluding hydrogens is 1720 g/mol. The van der Waals surface area contributed by atoms with Gasteiger partial charge in [-0.2, -0.15) is 0 Å². The zero-order valence-electron chi connectivity index (χ0n) is 76.2. The Morgan fingerprint density at radius 3 is 0.529 bits per heavy atom. The molecule has 17 rings (SSSR count). The molecule has 4 saturated heterocycles. The molecule has 4 fully saturated rings. The average Bonchev–Trinajstić information content (AvgIpc) is 0.751. The van der Waals surface area contributed by atoms with Crippen LogP contribution in [0, 0.1) is 0 Å². The highest BCUT2D eigenvalue weighted by atomic mass is 16.8. The Balaban J connectivity index is 0.859. The number of ether oxygens (including phenoxy) is 20. The van der Waals surface area contributed by atoms with E-state index in [0.717, 1.165) is 72.3 Å². The summed E-state index contributed by atoms with van der Waals surface area (Å²) < 4.78 is 150. The Hall–Kier alpha value is -11.0. The van der Waals surface area contributed by atoms with Crippen LogP contribution in [0.2, 0.25) is 0 Å². The zero-order chi connectivity index (χ0) is 92.2. The highest BCUT2D eigenvalue weighted by Gasteiger charge is 2.60. The minimum atomic E-state index is -1.67. The van der Waals surface area contributed by atoms with Crippen LogP contribution in [-0.2, 0) is 181 Å². The van der Waals surface area contributed by atoms with Crippen molar-refractivity contribution in [3.05, 3.63) is 467 Å². The standard InChI is InChI=1S/C115H120O21/c116-112-108(128-77-94-62-36-12-37-63-94)107(103(124-73-90-54-28-8-29-55-90)96(130-112)79-117-66-83-40-14-1-15-41-83)134-114-110(105(126-75-92-58-32-10-33-59-92)101(122-71-88-50-24-6-25-51-88)98(132-114)81-119-68-85-44-18-3-19-45-85)136-115-111(106(127-76-93-60-34-11-35-61-93)102(123-72-89-52-26-7-27-53-89)99(133-115)82-120-69-86-46-20-4-21-47-86)135-113-109(129-78-95-64-38-13-39-65-95)104(125-74-91-56-30-9-31-57-91)100(121-70-87-48-22-5-23-49-87)97(131-113)80-118-67-84-42-16-2-17-43-84/h1-65,96-116H,66-82H2/t96-,97-,98-,99-,100-,101-,102-,103-,104+,105+,106+,107+,108+,109+,110+,111+,112+,113-,114-,115-/m1/s1. The van der Waals surface area contributed by atoms with Crippen LogP contribution >= 0.6 is 0 Å². The van der Waals surface area contributed by atoms with Gasteiger partial charge in [-0.05, 0) is 72.3 Å². The van der Waals surface area contributed by atoms with Crippen LogP contribution in [0.4, 0.5) is 0 Å². The quantitative estimate of drug-likeness (QED) is 0.0376. The third-order valence-electron chi connectivity index (χ3n) is 24.4. The topological polar surface area (TPSA) is 205 Å². The lowest BCUT2D eigenvalue weighted by Crippen LogP contribution is -2.69. The monoisotopic (exact) mass is 1840 g/mol. The molecule has 0 aliphatic carbocycles. The van der Waals surface area contributed by atoms with Gasteiger partial charge < -0.3 is 99.8 Å². The molecule has 4 aliphatic rings. The van der Waals surface area contributed by atoms with E-state index in [4.69, 9.17) is 94.7 Å². The van der Waals surface area contributed by atoms with E-state index in [0.29, 0.717) is 0 Å². The Kier molecular flexibility index (Phi) is 37.0. The van der Waals surface area contributed by atoms with E-state index in [9.17, 15) is 5.11 Å². The van der Waals surface area contributed by atoms with Crippen molar-refractivity contribution in [2.75, 3.05) is 26.4 Å². The van der Waals surface area contributed by atoms with Gasteiger partial charge in [0.1, 0.15) is 97.7 Å². The molecule has 21 nitrogen and oxygen atoms in total. The van der Waals surface area contributed by atoms with Crippen LogP contribution in [-0.4, -0.2) is 154 Å². The van der Waals surface area contributed by atoms with Crippen molar-refractivity contribution in [1.29, 1.82) is 0 Å². The van der Waals surface area contributed by atoms with Crippen molar-refractivity contribution in [1.82, 2.24) is 0 Å². The summed E-state index contributed by atoms with van der Waals surface area (Å²) in [4.78, 5) is 0. The van der Waals surface area contributed by atoms with Gasteiger partial charge in [-0.1, -0.05) is 394 Å². The molecular formula is C115H120O21. The van der Waals surface area contributed by atoms with E-state index in [1.807, 2.05) is 394 Å². The van der Waals surface area contributed by atoms with Crippen LogP contribution in [0.3, 0.4) is 0 Å². The van der Waals surface area contributed by atoms with Crippen molar-refractivity contribution in [3.63, 3.8) is 0 Å². The van der Waals surface area contributed by atoms with E-state index in [1.165, 1.54) is 0 Å². The fourth-order valence-corrected chi connectivity index (χ4v) is 17.4. The van der Waals surface area contributed by atoms with Crippen LogP contribution in [0.25, 0.3) is 0 Å². The highest BCUT2D eigenvalue weighted by Crippen LogP contribution is 2.43. The van der Waals surface area contributed by atoms with E-state index in [1.54, 1.807) is 0 Å². The Labute approximate surface area is 797 Å². The minimum Gasteiger partial charge on any atom is -0.374 e. The summed E-state index contributed by atoms with van der Waals surface area (Å²) in [6.45, 7) is 1.12. The van der Waals surface area contributed by atoms with Gasteiger partial charge >= 0.3 is 0 Å². The van der Waals surface area contributed by atoms with E-state index in [-0.39, 0.29) is 112 Å². The van der Waals surface area contributed by atoms with Crippen molar-refractivity contribution in [2.45, 2.75) is 209 Å². The molecule has 4 heterocycles. The molecule has 706 valence electrons. The van der Waals surface area contributed by atoms with Gasteiger partial charge in [-0.15, -0.1) is 0 Å². The van der Waals surface area contributed by atoms with Gasteiger partial charge in [0.05, 0.1) is 112 Å². The molecule has 1 N–H and O–H groups in total. The second-order valence-corrected chi connectivity index (χ2v) is 34.3. The Morgan fingerprint density at radius 2 is 0.309 bits per heavy atom. The Bertz CT molecular complexity index is 5450. The minimum absolute atomic E-state index is 0.00385. The van der Waals surface area contributed by atoms with E-state index in [2.05, 4.69) is 0 Å². The molecule has 0 spiro atoms. The third kappa shape index (κ3) is 28.4. The summed E-state index contributed by atoms with van der Waals surface area (Å²) in [6, 6.07) is 129. The number of benzene rings is 13. The molecule has 13 aromatic rings. The van der Waals surface area contributed by atoms with Crippen LogP contribution < -0.4 is 0 Å². The lowest BCUT2D eigenvalue weighted by atomic mass is 9.94. The Morgan fingerprint density at radius 1 is 0.154 bits per heavy atom. The molecule has 4 aliphatic heterocycles. The summed E-state index contributed by atoms with van der Waals surface area (Å²) >= 11 is 0. The summed E-state index contributed by atoms with van der Waals surface area (Å²) in [5.74, 6) is 0. The predicted molar refractivity (Wildman–Crippen MR) is 511 cm³/mol. The first-order valence-electron chi connectivity index (χ1n) is 47.0. The predicted octanol–water partition coefficient (Wildman–Crippen LogP) is 19.2. The van der Waals surface area contributed by atoms with Crippen molar-refractivity contribution < 1.29 is 99.8 Å². The normalized spacial score (nSPS) is 25.1. The van der Waals surface area contributed by atoms with Crippen LogP contribution in [0.1, 0.15) is 72.3 Å². The highest BCUT2D eigenvalue weighted by molar-refractivity contribution is 5.24. The molecule has 0 saturated carbocycles. The maximum absolute atomic E-state index is 13.1. The SMILES string of the molecule is O[C@H]1O[C@H](COCc2ccccc2)[C@@H](OCc2ccccc2)[C@H](O[C@H]2O[C@H](COCc3ccccc3)[C@@H](OCc3ccccc3)[C@H](OCc3ccccc3)[C@@H]2O[C@H]2O[C@H](COCc3ccccc3)[C@@H](OCc3ccccc3)[C@H](OCc3ccccc3)[C@@H]2O[C@H]2O[C@H](COCc3ccccc3)[C@@H](OCc3ccccc3)[C@H](OCc3ccccc3)[C@@H]2OCc2ccccc2)[C@@H]1OCc1ccccc1. The molecule has 20 atom stereocenters. The number of aliphatic hydroxyl groups is 1. The van der Waals surface area contributed by atoms with Crippen LogP contribution in [0.5, 0.6) is 0 Å². The van der Waals surface area contributed by atoms with Gasteiger partial charge in [0.2, 0.25) is 0 Å². The number of rotatable bonds is 49. The number of hydrogen-bond donors (Lipinski definition) is 1. The lowest BCUT2D eigenvalue weighted by molar-refractivity contribution is -0.415. The van der Waals surface area contributed by atoms with Gasteiger partial charge in [-0.25, -0.2) is 0 Å². The molecule has 0 amide bonds. The lowest BCUT2D eigenvalue weighted by Gasteiger charge is -2.53. The maximum Gasteiger partial charge on any atom is 0.187 e. The largest absolute Gasteiger partial charge is 0.374 e. The van der Waals surface area contributed by atoms with Gasteiger partial charge in [0.25, 0.3) is 0 Å². The number of aliphatic hydroxyl groups excluding tert-OH is 1. The molecule has 136 heavy (non-hydrogen) atoms. The molecule has 21 heteroatoms. The molecule has 0 unspecified atom stereocenters. The second kappa shape index (κ2) is 52.0. The third-order valence-corrected chi connectivity index (χ3v) is 24.4. The van der Waals surface area contributed by atoms with Gasteiger partial charge in [-0.3, -0.25) is 0 Å². The van der Waals surface area contributed by atoms with Gasteiger partial charge in [0.15, 0.2) is 25.2 Å². The van der Waals surface area contributed by atoms with Crippen molar-refractivity contribution in [2.24, 2.45) is 0 Å². The second-order valence-electron chi connectivity index (χ2n) is 34.3. The molecule has 0 aromatic heterocycles. The molecule has 0 bridgehead atoms. The average molecular weight is 1840 g/mol. The summed E-state index contributed by atoms with van der Waals surface area (Å²) in [6.07, 6.45) is -24.8. The van der Waals surface area contributed by atoms with E-state index >= 15 is 0 Å². The maximum atomic E-state index is 13.1. The first kappa shape index (κ1) is 96.7. The van der Waals surface area contributed by atoms with Crippen molar-refractivity contribution >= 4 is 0 Å².